The van der Waals surface area contributed by atoms with E-state index in [1.54, 1.807) is 4.90 Å². The Kier molecular flexibility index (Phi) is 5.43. The van der Waals surface area contributed by atoms with Gasteiger partial charge in [-0.3, -0.25) is 4.79 Å². The number of fused-ring (bicyclic) bond motifs is 1. The standard InChI is InChI=1S/C25H27FN4O2/c1-16-3-2-4-20(25(31)30-8-7-19(26)15-30)23(16)17-5-6-21-18(13-17)14-22(24(27)28-21)29-9-11-32-12-10-29/h2-6,13-14,19H,7-12,15H2,1H3,(H2,27,28)/t19-/m1/s1. The van der Waals surface area contributed by atoms with Crippen molar-refractivity contribution in [2.75, 3.05) is 50.0 Å². The Morgan fingerprint density at radius 1 is 1.16 bits per heavy atom. The van der Waals surface area contributed by atoms with E-state index in [4.69, 9.17) is 10.5 Å². The first-order valence-electron chi connectivity index (χ1n) is 11.1. The van der Waals surface area contributed by atoms with E-state index in [0.717, 1.165) is 46.4 Å². The summed E-state index contributed by atoms with van der Waals surface area (Å²) >= 11 is 0. The number of hydrogen-bond acceptors (Lipinski definition) is 5. The Labute approximate surface area is 186 Å². The van der Waals surface area contributed by atoms with E-state index < -0.39 is 6.17 Å². The van der Waals surface area contributed by atoms with Crippen molar-refractivity contribution < 1.29 is 13.9 Å². The summed E-state index contributed by atoms with van der Waals surface area (Å²) in [6.45, 7) is 5.51. The minimum absolute atomic E-state index is 0.117. The number of ether oxygens (including phenoxy) is 1. The normalized spacial score (nSPS) is 19.0. The first kappa shape index (κ1) is 20.7. The lowest BCUT2D eigenvalue weighted by Crippen LogP contribution is -2.36. The number of amides is 1. The van der Waals surface area contributed by atoms with Crippen LogP contribution in [0.3, 0.4) is 0 Å². The number of carbonyl (C=O) groups excluding carboxylic acids is 1. The largest absolute Gasteiger partial charge is 0.382 e. The number of carbonyl (C=O) groups is 1. The number of aromatic nitrogens is 1. The molecular formula is C25H27FN4O2. The van der Waals surface area contributed by atoms with Gasteiger partial charge < -0.3 is 20.3 Å². The molecule has 5 rings (SSSR count). The fraction of sp³-hybridized carbons (Fsp3) is 0.360. The third kappa shape index (κ3) is 3.77. The monoisotopic (exact) mass is 434 g/mol. The van der Waals surface area contributed by atoms with E-state index in [-0.39, 0.29) is 12.5 Å². The smallest absolute Gasteiger partial charge is 0.254 e. The molecule has 2 N–H and O–H groups in total. The van der Waals surface area contributed by atoms with Gasteiger partial charge >= 0.3 is 0 Å². The van der Waals surface area contributed by atoms with Gasteiger partial charge in [0.2, 0.25) is 0 Å². The van der Waals surface area contributed by atoms with Crippen LogP contribution in [0.15, 0.2) is 42.5 Å². The quantitative estimate of drug-likeness (QED) is 0.679. The van der Waals surface area contributed by atoms with E-state index in [0.29, 0.717) is 37.6 Å². The van der Waals surface area contributed by atoms with E-state index in [9.17, 15) is 9.18 Å². The number of likely N-dealkylation sites (tertiary alicyclic amines) is 1. The number of hydrogen-bond donors (Lipinski definition) is 1. The summed E-state index contributed by atoms with van der Waals surface area (Å²) < 4.78 is 19.2. The molecule has 3 aromatic rings. The molecule has 2 aliphatic heterocycles. The van der Waals surface area contributed by atoms with Crippen molar-refractivity contribution >= 4 is 28.3 Å². The number of morpholine rings is 1. The highest BCUT2D eigenvalue weighted by atomic mass is 19.1. The van der Waals surface area contributed by atoms with Gasteiger partial charge in [0.1, 0.15) is 12.0 Å². The van der Waals surface area contributed by atoms with Crippen LogP contribution >= 0.6 is 0 Å². The molecule has 7 heteroatoms. The zero-order valence-corrected chi connectivity index (χ0v) is 18.2. The zero-order valence-electron chi connectivity index (χ0n) is 18.2. The molecule has 0 spiro atoms. The molecule has 0 saturated carbocycles. The first-order chi connectivity index (χ1) is 15.5. The minimum Gasteiger partial charge on any atom is -0.382 e. The summed E-state index contributed by atoms with van der Waals surface area (Å²) in [6, 6.07) is 13.8. The molecule has 6 nitrogen and oxygen atoms in total. The average molecular weight is 435 g/mol. The molecule has 1 atom stereocenters. The summed E-state index contributed by atoms with van der Waals surface area (Å²) in [5, 5.41) is 0.963. The number of nitrogens with zero attached hydrogens (tertiary/aromatic N) is 3. The predicted molar refractivity (Wildman–Crippen MR) is 125 cm³/mol. The molecule has 1 amide bonds. The van der Waals surface area contributed by atoms with Crippen molar-refractivity contribution in [3.63, 3.8) is 0 Å². The summed E-state index contributed by atoms with van der Waals surface area (Å²) in [6.07, 6.45) is -0.539. The van der Waals surface area contributed by atoms with Gasteiger partial charge in [0.05, 0.1) is 31.0 Å². The topological polar surface area (TPSA) is 71.7 Å². The number of rotatable bonds is 3. The van der Waals surface area contributed by atoms with E-state index in [2.05, 4.69) is 22.0 Å². The first-order valence-corrected chi connectivity index (χ1v) is 11.1. The van der Waals surface area contributed by atoms with E-state index in [1.807, 2.05) is 37.3 Å². The highest BCUT2D eigenvalue weighted by Crippen LogP contribution is 2.34. The second-order valence-corrected chi connectivity index (χ2v) is 8.53. The van der Waals surface area contributed by atoms with Gasteiger partial charge in [-0.15, -0.1) is 0 Å². The second-order valence-electron chi connectivity index (χ2n) is 8.53. The third-order valence-electron chi connectivity index (χ3n) is 6.38. The van der Waals surface area contributed by atoms with Crippen molar-refractivity contribution in [3.8, 4) is 11.1 Å². The molecule has 0 bridgehead atoms. The Morgan fingerprint density at radius 2 is 1.97 bits per heavy atom. The van der Waals surface area contributed by atoms with Crippen molar-refractivity contribution in [3.05, 3.63) is 53.6 Å². The molecule has 2 aliphatic rings. The van der Waals surface area contributed by atoms with Gasteiger partial charge in [0.15, 0.2) is 0 Å². The molecule has 1 aromatic heterocycles. The minimum atomic E-state index is -0.942. The molecule has 0 radical (unpaired) electrons. The SMILES string of the molecule is Cc1cccc(C(=O)N2CC[C@@H](F)C2)c1-c1ccc2nc(N)c(N3CCOCC3)cc2c1. The van der Waals surface area contributed by atoms with Crippen LogP contribution in [-0.4, -0.2) is 61.4 Å². The molecule has 32 heavy (non-hydrogen) atoms. The molecule has 3 heterocycles. The fourth-order valence-electron chi connectivity index (χ4n) is 4.69. The number of aryl methyl sites for hydroxylation is 1. The maximum atomic E-state index is 13.7. The van der Waals surface area contributed by atoms with Gasteiger partial charge in [0.25, 0.3) is 5.91 Å². The van der Waals surface area contributed by atoms with Crippen LogP contribution in [0.25, 0.3) is 22.0 Å². The summed E-state index contributed by atoms with van der Waals surface area (Å²) in [5.74, 6) is 0.391. The molecule has 2 saturated heterocycles. The van der Waals surface area contributed by atoms with Gasteiger partial charge in [-0.05, 0) is 54.3 Å². The zero-order chi connectivity index (χ0) is 22.2. The summed E-state index contributed by atoms with van der Waals surface area (Å²) in [4.78, 5) is 21.6. The van der Waals surface area contributed by atoms with Crippen LogP contribution in [0.5, 0.6) is 0 Å². The number of alkyl halides is 1. The molecule has 166 valence electrons. The maximum Gasteiger partial charge on any atom is 0.254 e. The lowest BCUT2D eigenvalue weighted by Gasteiger charge is -2.29. The van der Waals surface area contributed by atoms with Crippen molar-refractivity contribution in [2.45, 2.75) is 19.5 Å². The number of benzene rings is 2. The Bertz CT molecular complexity index is 1180. The molecule has 2 aromatic carbocycles. The predicted octanol–water partition coefficient (Wildman–Crippen LogP) is 3.81. The molecular weight excluding hydrogens is 407 g/mol. The highest BCUT2D eigenvalue weighted by molar-refractivity contribution is 6.03. The second kappa shape index (κ2) is 8.39. The van der Waals surface area contributed by atoms with Crippen molar-refractivity contribution in [1.82, 2.24) is 9.88 Å². The summed E-state index contributed by atoms with van der Waals surface area (Å²) in [5.41, 5.74) is 11.4. The molecule has 2 fully saturated rings. The lowest BCUT2D eigenvalue weighted by atomic mass is 9.93. The summed E-state index contributed by atoms with van der Waals surface area (Å²) in [7, 11) is 0. The lowest BCUT2D eigenvalue weighted by molar-refractivity contribution is 0.0783. The van der Waals surface area contributed by atoms with Gasteiger partial charge in [-0.2, -0.15) is 0 Å². The number of anilines is 2. The van der Waals surface area contributed by atoms with Crippen LogP contribution in [0.4, 0.5) is 15.9 Å². The van der Waals surface area contributed by atoms with Gasteiger partial charge in [0, 0.05) is 30.6 Å². The number of pyridine rings is 1. The third-order valence-corrected chi connectivity index (χ3v) is 6.38. The maximum absolute atomic E-state index is 13.7. The van der Waals surface area contributed by atoms with Gasteiger partial charge in [-0.1, -0.05) is 18.2 Å². The van der Waals surface area contributed by atoms with E-state index >= 15 is 0 Å². The fourth-order valence-corrected chi connectivity index (χ4v) is 4.69. The molecule has 0 aliphatic carbocycles. The number of halogens is 1. The van der Waals surface area contributed by atoms with Crippen LogP contribution < -0.4 is 10.6 Å². The van der Waals surface area contributed by atoms with Crippen molar-refractivity contribution in [2.24, 2.45) is 0 Å². The van der Waals surface area contributed by atoms with Crippen LogP contribution in [0, 0.1) is 6.92 Å². The number of nitrogens with two attached hydrogens (primary N) is 1. The highest BCUT2D eigenvalue weighted by Gasteiger charge is 2.28. The van der Waals surface area contributed by atoms with Crippen molar-refractivity contribution in [1.29, 1.82) is 0 Å². The number of nitrogen functional groups attached to an aromatic ring is 1. The van der Waals surface area contributed by atoms with Crippen LogP contribution in [-0.2, 0) is 4.74 Å². The Balaban J connectivity index is 1.57. The Morgan fingerprint density at radius 3 is 2.72 bits per heavy atom. The van der Waals surface area contributed by atoms with Gasteiger partial charge in [-0.25, -0.2) is 9.37 Å². The molecule has 0 unspecified atom stereocenters. The van der Waals surface area contributed by atoms with E-state index in [1.165, 1.54) is 0 Å². The average Bonchev–Trinajstić information content (AvgIpc) is 3.24. The Hall–Kier alpha value is -3.19. The van der Waals surface area contributed by atoms with Crippen LogP contribution in [0.2, 0.25) is 0 Å². The van der Waals surface area contributed by atoms with Crippen LogP contribution in [0.1, 0.15) is 22.3 Å².